The monoisotopic (exact) mass is 218 g/mol. The van der Waals surface area contributed by atoms with Crippen molar-refractivity contribution in [2.24, 2.45) is 0 Å². The van der Waals surface area contributed by atoms with Crippen molar-refractivity contribution in [3.05, 3.63) is 35.8 Å². The van der Waals surface area contributed by atoms with Crippen molar-refractivity contribution >= 4 is 0 Å². The molecule has 0 saturated heterocycles. The molecule has 1 heterocycles. The molecule has 0 bridgehead atoms. The molecular formula is C14H18O2. The molecule has 0 N–H and O–H groups in total. The summed E-state index contributed by atoms with van der Waals surface area (Å²) in [4.78, 5) is 0. The van der Waals surface area contributed by atoms with Gasteiger partial charge in [-0.05, 0) is 11.8 Å². The van der Waals surface area contributed by atoms with Gasteiger partial charge in [0, 0.05) is 11.1 Å². The van der Waals surface area contributed by atoms with E-state index in [1.807, 2.05) is 0 Å². The van der Waals surface area contributed by atoms with Crippen molar-refractivity contribution in [2.45, 2.75) is 39.5 Å². The number of ether oxygens (including phenoxy) is 2. The van der Waals surface area contributed by atoms with Gasteiger partial charge < -0.3 is 9.47 Å². The Labute approximate surface area is 96.9 Å². The Bertz CT molecular complexity index is 378. The highest BCUT2D eigenvalue weighted by molar-refractivity contribution is 5.55. The Hall–Kier alpha value is -1.44. The zero-order chi connectivity index (χ0) is 11.7. The lowest BCUT2D eigenvalue weighted by Crippen LogP contribution is -2.05. The van der Waals surface area contributed by atoms with E-state index >= 15 is 0 Å². The van der Waals surface area contributed by atoms with E-state index < -0.39 is 0 Å². The van der Waals surface area contributed by atoms with Crippen LogP contribution in [0, 0.1) is 0 Å². The zero-order valence-corrected chi connectivity index (χ0v) is 10.3. The summed E-state index contributed by atoms with van der Waals surface area (Å²) in [6, 6.07) is 4.28. The van der Waals surface area contributed by atoms with Crippen LogP contribution in [0.5, 0.6) is 11.5 Å². The maximum Gasteiger partial charge on any atom is 0.172 e. The third-order valence-corrected chi connectivity index (χ3v) is 2.84. The molecule has 1 aromatic carbocycles. The normalized spacial score (nSPS) is 13.6. The molecule has 0 amide bonds. The Kier molecular flexibility index (Phi) is 2.90. The molecule has 0 unspecified atom stereocenters. The third-order valence-electron chi connectivity index (χ3n) is 2.84. The fraction of sp³-hybridized carbons (Fsp3) is 0.429. The van der Waals surface area contributed by atoms with Crippen LogP contribution in [0.25, 0.3) is 0 Å². The highest BCUT2D eigenvalue weighted by Crippen LogP contribution is 2.43. The summed E-state index contributed by atoms with van der Waals surface area (Å²) in [6.45, 7) is 8.64. The van der Waals surface area contributed by atoms with Gasteiger partial charge >= 0.3 is 0 Å². The number of rotatable bonds is 2. The molecule has 0 atom stereocenters. The quantitative estimate of drug-likeness (QED) is 0.741. The molecule has 0 aliphatic carbocycles. The first-order chi connectivity index (χ1) is 7.61. The van der Waals surface area contributed by atoms with E-state index in [-0.39, 0.29) is 0 Å². The lowest BCUT2D eigenvalue weighted by Gasteiger charge is -2.22. The first-order valence-electron chi connectivity index (χ1n) is 5.76. The lowest BCUT2D eigenvalue weighted by atomic mass is 9.94. The lowest BCUT2D eigenvalue weighted by molar-refractivity contribution is 0.352. The molecule has 0 aromatic heterocycles. The van der Waals surface area contributed by atoms with Crippen molar-refractivity contribution in [1.82, 2.24) is 0 Å². The van der Waals surface area contributed by atoms with E-state index in [2.05, 4.69) is 39.8 Å². The molecule has 16 heavy (non-hydrogen) atoms. The minimum Gasteiger partial charge on any atom is -0.458 e. The minimum absolute atomic E-state index is 0.435. The number of benzene rings is 1. The van der Waals surface area contributed by atoms with Gasteiger partial charge in [-0.1, -0.05) is 39.8 Å². The van der Waals surface area contributed by atoms with Crippen LogP contribution in [0.4, 0.5) is 0 Å². The predicted octanol–water partition coefficient (Wildman–Crippen LogP) is 4.18. The fourth-order valence-electron chi connectivity index (χ4n) is 1.94. The summed E-state index contributed by atoms with van der Waals surface area (Å²) in [5.74, 6) is 2.63. The van der Waals surface area contributed by atoms with Crippen LogP contribution in [0.15, 0.2) is 24.7 Å². The summed E-state index contributed by atoms with van der Waals surface area (Å²) in [7, 11) is 0. The maximum atomic E-state index is 5.60. The smallest absolute Gasteiger partial charge is 0.172 e. The second-order valence-corrected chi connectivity index (χ2v) is 4.72. The van der Waals surface area contributed by atoms with Crippen LogP contribution >= 0.6 is 0 Å². The van der Waals surface area contributed by atoms with Gasteiger partial charge in [-0.25, -0.2) is 0 Å². The van der Waals surface area contributed by atoms with Crippen molar-refractivity contribution in [3.8, 4) is 11.5 Å². The number of hydrogen-bond acceptors (Lipinski definition) is 2. The first kappa shape index (κ1) is 11.1. The fourth-order valence-corrected chi connectivity index (χ4v) is 1.94. The van der Waals surface area contributed by atoms with E-state index in [0.717, 1.165) is 11.5 Å². The van der Waals surface area contributed by atoms with Crippen LogP contribution in [0.3, 0.4) is 0 Å². The summed E-state index contributed by atoms with van der Waals surface area (Å²) < 4.78 is 11.2. The van der Waals surface area contributed by atoms with Gasteiger partial charge in [-0.15, -0.1) is 0 Å². The Morgan fingerprint density at radius 2 is 1.12 bits per heavy atom. The molecule has 2 rings (SSSR count). The molecule has 2 heteroatoms. The summed E-state index contributed by atoms with van der Waals surface area (Å²) in [5.41, 5.74) is 2.40. The molecule has 1 aromatic rings. The standard InChI is InChI=1S/C14H18O2/c1-9(2)11-5-6-12(10(3)4)14-13(11)15-7-8-16-14/h5-10H,1-4H3. The van der Waals surface area contributed by atoms with E-state index in [0.29, 0.717) is 11.8 Å². The van der Waals surface area contributed by atoms with E-state index in [4.69, 9.17) is 9.47 Å². The largest absolute Gasteiger partial charge is 0.458 e. The topological polar surface area (TPSA) is 18.5 Å². The molecule has 0 spiro atoms. The summed E-state index contributed by atoms with van der Waals surface area (Å²) >= 11 is 0. The van der Waals surface area contributed by atoms with Gasteiger partial charge in [0.2, 0.25) is 0 Å². The van der Waals surface area contributed by atoms with Crippen LogP contribution in [0.1, 0.15) is 50.7 Å². The van der Waals surface area contributed by atoms with Crippen molar-refractivity contribution in [3.63, 3.8) is 0 Å². The first-order valence-corrected chi connectivity index (χ1v) is 5.76. The highest BCUT2D eigenvalue weighted by Gasteiger charge is 2.20. The van der Waals surface area contributed by atoms with Gasteiger partial charge in [0.05, 0.1) is 0 Å². The molecule has 0 saturated carbocycles. The predicted molar refractivity (Wildman–Crippen MR) is 65.0 cm³/mol. The summed E-state index contributed by atoms with van der Waals surface area (Å²) in [6.07, 6.45) is 3.19. The van der Waals surface area contributed by atoms with Crippen molar-refractivity contribution < 1.29 is 9.47 Å². The highest BCUT2D eigenvalue weighted by atomic mass is 16.5. The summed E-state index contributed by atoms with van der Waals surface area (Å²) in [5, 5.41) is 0. The Morgan fingerprint density at radius 1 is 0.750 bits per heavy atom. The number of hydrogen-bond donors (Lipinski definition) is 0. The van der Waals surface area contributed by atoms with Gasteiger partial charge in [0.1, 0.15) is 12.5 Å². The van der Waals surface area contributed by atoms with Crippen molar-refractivity contribution in [1.29, 1.82) is 0 Å². The van der Waals surface area contributed by atoms with Gasteiger partial charge in [0.25, 0.3) is 0 Å². The van der Waals surface area contributed by atoms with Crippen LogP contribution in [-0.2, 0) is 0 Å². The average Bonchev–Trinajstić information content (AvgIpc) is 2.27. The average molecular weight is 218 g/mol. The zero-order valence-electron chi connectivity index (χ0n) is 10.3. The van der Waals surface area contributed by atoms with Crippen LogP contribution < -0.4 is 9.47 Å². The van der Waals surface area contributed by atoms with Gasteiger partial charge in [-0.2, -0.15) is 0 Å². The second kappa shape index (κ2) is 4.20. The van der Waals surface area contributed by atoms with Crippen LogP contribution in [-0.4, -0.2) is 0 Å². The Morgan fingerprint density at radius 3 is 1.44 bits per heavy atom. The molecule has 0 fully saturated rings. The van der Waals surface area contributed by atoms with Gasteiger partial charge in [0.15, 0.2) is 11.5 Å². The SMILES string of the molecule is CC(C)c1ccc(C(C)C)c2c1OC=CO2. The maximum absolute atomic E-state index is 5.60. The third kappa shape index (κ3) is 1.80. The van der Waals surface area contributed by atoms with Crippen LogP contribution in [0.2, 0.25) is 0 Å². The van der Waals surface area contributed by atoms with Gasteiger partial charge in [-0.3, -0.25) is 0 Å². The van der Waals surface area contributed by atoms with Crippen molar-refractivity contribution in [2.75, 3.05) is 0 Å². The molecular weight excluding hydrogens is 200 g/mol. The second-order valence-electron chi connectivity index (χ2n) is 4.72. The van der Waals surface area contributed by atoms with E-state index in [1.54, 1.807) is 12.5 Å². The molecule has 0 radical (unpaired) electrons. The molecule has 86 valence electrons. The Balaban J connectivity index is 2.57. The molecule has 1 aliphatic heterocycles. The minimum atomic E-state index is 0.435. The van der Waals surface area contributed by atoms with E-state index in [1.165, 1.54) is 11.1 Å². The molecule has 1 aliphatic rings. The van der Waals surface area contributed by atoms with E-state index in [9.17, 15) is 0 Å². The number of fused-ring (bicyclic) bond motifs is 1. The molecule has 2 nitrogen and oxygen atoms in total.